The van der Waals surface area contributed by atoms with Crippen molar-refractivity contribution < 1.29 is 14.4 Å². The number of nitro groups is 1. The van der Waals surface area contributed by atoms with Crippen LogP contribution in [0.15, 0.2) is 37.9 Å². The van der Waals surface area contributed by atoms with Crippen LogP contribution in [0.4, 0.5) is 5.69 Å². The van der Waals surface area contributed by atoms with Gasteiger partial charge in [0, 0.05) is 22.9 Å². The van der Waals surface area contributed by atoms with Crippen LogP contribution in [0, 0.1) is 10.1 Å². The monoisotopic (exact) mass is 369 g/mol. The van der Waals surface area contributed by atoms with E-state index in [1.165, 1.54) is 18.2 Å². The quantitative estimate of drug-likeness (QED) is 0.303. The van der Waals surface area contributed by atoms with Gasteiger partial charge in [0.05, 0.1) is 19.8 Å². The molecule has 21 heavy (non-hydrogen) atoms. The molecule has 0 bridgehead atoms. The maximum atomic E-state index is 12.0. The average Bonchev–Trinajstić information content (AvgIpc) is 2.44. The lowest BCUT2D eigenvalue weighted by Gasteiger charge is -2.07. The lowest BCUT2D eigenvalue weighted by atomic mass is 10.1. The van der Waals surface area contributed by atoms with Crippen LogP contribution in [0.3, 0.4) is 0 Å². The van der Waals surface area contributed by atoms with Gasteiger partial charge in [0.15, 0.2) is 5.58 Å². The van der Waals surface area contributed by atoms with E-state index in [2.05, 4.69) is 15.9 Å². The number of phenolic OH excluding ortho intramolecular Hbond substituents is 1. The minimum Gasteiger partial charge on any atom is -0.506 e. The van der Waals surface area contributed by atoms with Gasteiger partial charge in [-0.25, -0.2) is 4.79 Å². The van der Waals surface area contributed by atoms with Gasteiger partial charge in [0.2, 0.25) is 0 Å². The summed E-state index contributed by atoms with van der Waals surface area (Å²) in [6.45, 7) is 0. The lowest BCUT2D eigenvalue weighted by Crippen LogP contribution is -2.01. The zero-order valence-corrected chi connectivity index (χ0v) is 12.4. The number of non-ortho nitro benzene ring substituents is 1. The number of hydrogen-bond acceptors (Lipinski definition) is 5. The Morgan fingerprint density at radius 1 is 1.29 bits per heavy atom. The normalized spacial score (nSPS) is 11.1. The molecule has 2 aromatic carbocycles. The Bertz CT molecular complexity index is 982. The van der Waals surface area contributed by atoms with Crippen molar-refractivity contribution in [3.05, 3.63) is 54.3 Å². The Morgan fingerprint density at radius 3 is 2.67 bits per heavy atom. The summed E-state index contributed by atoms with van der Waals surface area (Å²) in [4.78, 5) is 22.2. The molecule has 3 aromatic rings. The molecule has 0 fully saturated rings. The third-order valence-corrected chi connectivity index (χ3v) is 4.02. The predicted molar refractivity (Wildman–Crippen MR) is 81.0 cm³/mol. The van der Waals surface area contributed by atoms with E-state index < -0.39 is 10.5 Å². The van der Waals surface area contributed by atoms with Crippen molar-refractivity contribution >= 4 is 55.0 Å². The number of nitrogens with zero attached hydrogens (tertiary/aromatic N) is 1. The van der Waals surface area contributed by atoms with Crippen molar-refractivity contribution in [3.8, 4) is 5.75 Å². The molecule has 8 heteroatoms. The maximum absolute atomic E-state index is 12.0. The Hall–Kier alpha value is -2.12. The smallest absolute Gasteiger partial charge is 0.344 e. The Balaban J connectivity index is 2.60. The fourth-order valence-corrected chi connectivity index (χ4v) is 2.85. The van der Waals surface area contributed by atoms with Gasteiger partial charge in [-0.2, -0.15) is 0 Å². The fraction of sp³-hybridized carbons (Fsp3) is 0. The van der Waals surface area contributed by atoms with Crippen LogP contribution in [-0.2, 0) is 0 Å². The molecule has 0 saturated heterocycles. The molecule has 0 aliphatic heterocycles. The van der Waals surface area contributed by atoms with Gasteiger partial charge < -0.3 is 9.52 Å². The maximum Gasteiger partial charge on any atom is 0.344 e. The molecule has 0 amide bonds. The van der Waals surface area contributed by atoms with Crippen LogP contribution in [0.5, 0.6) is 5.75 Å². The van der Waals surface area contributed by atoms with E-state index in [0.717, 1.165) is 6.07 Å². The SMILES string of the molecule is O=c1oc2c(Br)cc(O)c(Cl)c2c2ccc([N+](=O)[O-])cc12. The second-order valence-electron chi connectivity index (χ2n) is 4.27. The minimum absolute atomic E-state index is 0.0100. The standard InChI is InChI=1S/C13H5BrClNO5/c14-8-4-9(17)11(15)10-6-2-1-5(16(19)20)3-7(6)13(18)21-12(8)10/h1-4,17H. The van der Waals surface area contributed by atoms with Crippen molar-refractivity contribution in [2.24, 2.45) is 0 Å². The number of fused-ring (bicyclic) bond motifs is 3. The number of nitro benzene ring substituents is 1. The number of phenols is 1. The van der Waals surface area contributed by atoms with E-state index in [1.807, 2.05) is 0 Å². The molecule has 0 saturated carbocycles. The summed E-state index contributed by atoms with van der Waals surface area (Å²) in [5.74, 6) is -0.190. The molecule has 0 aliphatic carbocycles. The topological polar surface area (TPSA) is 93.6 Å². The molecule has 0 radical (unpaired) electrons. The Morgan fingerprint density at radius 2 is 2.00 bits per heavy atom. The van der Waals surface area contributed by atoms with Crippen LogP contribution in [0.1, 0.15) is 0 Å². The first-order chi connectivity index (χ1) is 9.90. The number of hydrogen-bond donors (Lipinski definition) is 1. The van der Waals surface area contributed by atoms with Gasteiger partial charge in [0.1, 0.15) is 5.75 Å². The molecule has 3 rings (SSSR count). The first-order valence-electron chi connectivity index (χ1n) is 5.62. The molecule has 1 N–H and O–H groups in total. The summed E-state index contributed by atoms with van der Waals surface area (Å²) in [7, 11) is 0. The second-order valence-corrected chi connectivity index (χ2v) is 5.50. The van der Waals surface area contributed by atoms with Gasteiger partial charge in [-0.3, -0.25) is 10.1 Å². The van der Waals surface area contributed by atoms with Gasteiger partial charge in [0.25, 0.3) is 5.69 Å². The molecule has 0 spiro atoms. The zero-order valence-electron chi connectivity index (χ0n) is 10.1. The molecule has 106 valence electrons. The number of halogens is 2. The molecular formula is C13H5BrClNO5. The van der Waals surface area contributed by atoms with E-state index in [4.69, 9.17) is 16.0 Å². The van der Waals surface area contributed by atoms with Crippen LogP contribution >= 0.6 is 27.5 Å². The van der Waals surface area contributed by atoms with Crippen molar-refractivity contribution in [2.75, 3.05) is 0 Å². The van der Waals surface area contributed by atoms with E-state index in [0.29, 0.717) is 15.2 Å². The van der Waals surface area contributed by atoms with Crippen LogP contribution in [-0.4, -0.2) is 10.0 Å². The van der Waals surface area contributed by atoms with E-state index in [1.54, 1.807) is 0 Å². The summed E-state index contributed by atoms with van der Waals surface area (Å²) in [6.07, 6.45) is 0. The zero-order chi connectivity index (χ0) is 15.3. The van der Waals surface area contributed by atoms with Gasteiger partial charge >= 0.3 is 5.63 Å². The summed E-state index contributed by atoms with van der Waals surface area (Å²) in [5.41, 5.74) is -0.780. The van der Waals surface area contributed by atoms with E-state index in [-0.39, 0.29) is 27.4 Å². The van der Waals surface area contributed by atoms with Gasteiger partial charge in [-0.05, 0) is 28.1 Å². The Kier molecular flexibility index (Phi) is 3.11. The fourth-order valence-electron chi connectivity index (χ4n) is 2.12. The van der Waals surface area contributed by atoms with Crippen molar-refractivity contribution in [1.82, 2.24) is 0 Å². The first-order valence-corrected chi connectivity index (χ1v) is 6.79. The Labute approximate surface area is 129 Å². The molecule has 6 nitrogen and oxygen atoms in total. The molecule has 0 unspecified atom stereocenters. The molecule has 0 atom stereocenters. The molecular weight excluding hydrogens is 366 g/mol. The highest BCUT2D eigenvalue weighted by Gasteiger charge is 2.18. The van der Waals surface area contributed by atoms with Crippen LogP contribution in [0.2, 0.25) is 5.02 Å². The second kappa shape index (κ2) is 4.71. The predicted octanol–water partition coefficient (Wildman–Crippen LogP) is 3.98. The number of benzene rings is 2. The van der Waals surface area contributed by atoms with E-state index >= 15 is 0 Å². The summed E-state index contributed by atoms with van der Waals surface area (Å²) in [5, 5.41) is 21.3. The summed E-state index contributed by atoms with van der Waals surface area (Å²) in [6, 6.07) is 5.10. The largest absolute Gasteiger partial charge is 0.506 e. The minimum atomic E-state index is -0.719. The lowest BCUT2D eigenvalue weighted by molar-refractivity contribution is -0.384. The third-order valence-electron chi connectivity index (χ3n) is 3.05. The van der Waals surface area contributed by atoms with Gasteiger partial charge in [-0.15, -0.1) is 0 Å². The molecule has 1 aromatic heterocycles. The molecule has 0 aliphatic rings. The van der Waals surface area contributed by atoms with Gasteiger partial charge in [-0.1, -0.05) is 11.6 Å². The van der Waals surface area contributed by atoms with Crippen molar-refractivity contribution in [3.63, 3.8) is 0 Å². The van der Waals surface area contributed by atoms with Crippen molar-refractivity contribution in [2.45, 2.75) is 0 Å². The summed E-state index contributed by atoms with van der Waals surface area (Å²) < 4.78 is 5.51. The first kappa shape index (κ1) is 13.8. The van der Waals surface area contributed by atoms with Crippen molar-refractivity contribution in [1.29, 1.82) is 0 Å². The average molecular weight is 371 g/mol. The highest BCUT2D eigenvalue weighted by atomic mass is 79.9. The number of aromatic hydroxyl groups is 1. The van der Waals surface area contributed by atoms with Crippen LogP contribution < -0.4 is 5.63 Å². The summed E-state index contributed by atoms with van der Waals surface area (Å²) >= 11 is 9.24. The van der Waals surface area contributed by atoms with Crippen LogP contribution in [0.25, 0.3) is 21.7 Å². The highest BCUT2D eigenvalue weighted by molar-refractivity contribution is 9.10. The molecule has 1 heterocycles. The number of rotatable bonds is 1. The third kappa shape index (κ3) is 2.05. The van der Waals surface area contributed by atoms with E-state index in [9.17, 15) is 20.0 Å². The highest BCUT2D eigenvalue weighted by Crippen LogP contribution is 2.40.